The predicted molar refractivity (Wildman–Crippen MR) is 139 cm³/mol. The Morgan fingerprint density at radius 2 is 1.34 bits per heavy atom. The van der Waals surface area contributed by atoms with Crippen LogP contribution >= 0.6 is 15.7 Å². The molecular formula is C28H31FeOP2+. The van der Waals surface area contributed by atoms with Crippen LogP contribution < -0.4 is 15.5 Å². The van der Waals surface area contributed by atoms with E-state index in [0.29, 0.717) is 5.66 Å². The molecule has 0 spiro atoms. The van der Waals surface area contributed by atoms with Crippen LogP contribution in [0.4, 0.5) is 0 Å². The normalized spacial score (nSPS) is 15.4. The number of hydrogen-bond donors (Lipinski definition) is 0. The van der Waals surface area contributed by atoms with Gasteiger partial charge in [0.25, 0.3) is 0 Å². The maximum Gasteiger partial charge on any atom is 2.00 e. The molecule has 1 aliphatic carbocycles. The number of hydrogen-bond acceptors (Lipinski definition) is 1. The van der Waals surface area contributed by atoms with Crippen LogP contribution in [0.1, 0.15) is 27.7 Å². The molecule has 0 aliphatic heterocycles. The summed E-state index contributed by atoms with van der Waals surface area (Å²) < 4.78 is 0. The minimum Gasteiger partial charge on any atom is -0.630 e. The van der Waals surface area contributed by atoms with E-state index in [9.17, 15) is 4.89 Å². The van der Waals surface area contributed by atoms with Crippen molar-refractivity contribution in [2.24, 2.45) is 0 Å². The molecule has 3 aromatic rings. The van der Waals surface area contributed by atoms with Crippen molar-refractivity contribution in [1.82, 2.24) is 0 Å². The Labute approximate surface area is 206 Å². The summed E-state index contributed by atoms with van der Waals surface area (Å²) in [5.41, 5.74) is 1.54. The second-order valence-corrected chi connectivity index (χ2v) is 13.5. The quantitative estimate of drug-likeness (QED) is 0.240. The first-order valence-electron chi connectivity index (χ1n) is 10.7. The van der Waals surface area contributed by atoms with Crippen LogP contribution in [-0.2, 0) is 17.1 Å². The molecule has 0 N–H and O–H groups in total. The molecule has 32 heavy (non-hydrogen) atoms. The third-order valence-corrected chi connectivity index (χ3v) is 9.94. The zero-order valence-corrected chi connectivity index (χ0v) is 22.0. The molecule has 0 amide bonds. The molecule has 1 nitrogen and oxygen atoms in total. The van der Waals surface area contributed by atoms with Gasteiger partial charge in [-0.15, -0.1) is 0 Å². The second-order valence-electron chi connectivity index (χ2n) is 8.51. The first kappa shape index (κ1) is 26.6. The van der Waals surface area contributed by atoms with Crippen LogP contribution in [-0.4, -0.2) is 16.1 Å². The van der Waals surface area contributed by atoms with E-state index in [1.807, 2.05) is 30.3 Å². The summed E-state index contributed by atoms with van der Waals surface area (Å²) in [5, 5.41) is 3.53. The van der Waals surface area contributed by atoms with Gasteiger partial charge in [0.05, 0.1) is 7.77 Å². The number of benzene rings is 2. The predicted octanol–water partition coefficient (Wildman–Crippen LogP) is 6.14. The largest absolute Gasteiger partial charge is 2.00 e. The number of rotatable bonds is 4. The zero-order valence-electron chi connectivity index (χ0n) is 19.1. The van der Waals surface area contributed by atoms with Crippen molar-refractivity contribution in [3.05, 3.63) is 115 Å². The average Bonchev–Trinajstić information content (AvgIpc) is 3.49. The smallest absolute Gasteiger partial charge is 0.630 e. The Kier molecular flexibility index (Phi) is 10.4. The van der Waals surface area contributed by atoms with E-state index in [-0.39, 0.29) is 22.2 Å². The fraction of sp³-hybridized carbons (Fsp3) is 0.214. The Hall–Kier alpha value is -1.65. The van der Waals surface area contributed by atoms with Crippen LogP contribution in [0, 0.1) is 0 Å². The molecule has 4 rings (SSSR count). The first-order valence-corrected chi connectivity index (χ1v) is 13.4. The van der Waals surface area contributed by atoms with Crippen molar-refractivity contribution in [2.45, 2.75) is 38.5 Å². The van der Waals surface area contributed by atoms with Crippen LogP contribution in [0.2, 0.25) is 0 Å². The zero-order chi connectivity index (χ0) is 22.3. The van der Waals surface area contributed by atoms with E-state index in [4.69, 9.17) is 0 Å². The molecule has 0 aromatic heterocycles. The van der Waals surface area contributed by atoms with E-state index >= 15 is 0 Å². The Balaban J connectivity index is 0.000000534. The summed E-state index contributed by atoms with van der Waals surface area (Å²) in [6.45, 7) is 8.47. The monoisotopic (exact) mass is 501 g/mol. The van der Waals surface area contributed by atoms with E-state index in [2.05, 4.69) is 107 Å². The Morgan fingerprint density at radius 3 is 1.75 bits per heavy atom. The molecule has 1 aliphatic rings. The molecule has 166 valence electrons. The molecule has 0 fully saturated rings. The van der Waals surface area contributed by atoms with Gasteiger partial charge in [-0.05, 0) is 45.4 Å². The van der Waals surface area contributed by atoms with Crippen molar-refractivity contribution in [2.75, 3.05) is 0 Å². The van der Waals surface area contributed by atoms with Crippen LogP contribution in [0.5, 0.6) is 0 Å². The van der Waals surface area contributed by atoms with Gasteiger partial charge in [-0.1, -0.05) is 79.7 Å². The summed E-state index contributed by atoms with van der Waals surface area (Å²) in [6.07, 6.45) is 6.28. The van der Waals surface area contributed by atoms with E-state index in [1.54, 1.807) is 0 Å². The second kappa shape index (κ2) is 12.6. The molecule has 2 atom stereocenters. The maximum atomic E-state index is 13.1. The summed E-state index contributed by atoms with van der Waals surface area (Å²) in [5.74, 6) is 0. The molecule has 0 heterocycles. The van der Waals surface area contributed by atoms with Crippen molar-refractivity contribution in [3.63, 3.8) is 0 Å². The minimum atomic E-state index is -1.44. The SMILES string of the molecule is CC(C1=CC=CC1=[P+]([O-])C(C)(C)C)P(c1ccccc1)c1ccccc1.[Fe+2].c1cc[cH-]c1. The van der Waals surface area contributed by atoms with Crippen molar-refractivity contribution in [1.29, 1.82) is 0 Å². The fourth-order valence-corrected chi connectivity index (χ4v) is 7.79. The van der Waals surface area contributed by atoms with Crippen molar-refractivity contribution in [3.8, 4) is 0 Å². The molecule has 4 heteroatoms. The van der Waals surface area contributed by atoms with Crippen LogP contribution in [0.25, 0.3) is 0 Å². The van der Waals surface area contributed by atoms with Gasteiger partial charge in [-0.2, -0.15) is 18.2 Å². The van der Waals surface area contributed by atoms with Gasteiger partial charge in [-0.3, -0.25) is 0 Å². The van der Waals surface area contributed by atoms with Crippen LogP contribution in [0.3, 0.4) is 0 Å². The molecule has 0 radical (unpaired) electrons. The van der Waals surface area contributed by atoms with E-state index < -0.39 is 15.7 Å². The molecule has 3 aromatic carbocycles. The summed E-state index contributed by atoms with van der Waals surface area (Å²) in [7, 11) is -2.00. The molecule has 0 bridgehead atoms. The molecule has 2 unspecified atom stereocenters. The third kappa shape index (κ3) is 6.92. The number of allylic oxidation sites excluding steroid dienone is 4. The summed E-state index contributed by atoms with van der Waals surface area (Å²) in [4.78, 5) is 13.1. The van der Waals surface area contributed by atoms with Crippen LogP contribution in [0.15, 0.2) is 115 Å². The van der Waals surface area contributed by atoms with E-state index in [0.717, 1.165) is 5.29 Å². The van der Waals surface area contributed by atoms with Crippen molar-refractivity contribution >= 4 is 31.6 Å². The van der Waals surface area contributed by atoms with Gasteiger partial charge < -0.3 is 4.89 Å². The average molecular weight is 501 g/mol. The Morgan fingerprint density at radius 1 is 0.844 bits per heavy atom. The van der Waals surface area contributed by atoms with Crippen molar-refractivity contribution < 1.29 is 22.0 Å². The summed E-state index contributed by atoms with van der Waals surface area (Å²) >= 11 is 0. The van der Waals surface area contributed by atoms with Gasteiger partial charge >= 0.3 is 17.1 Å². The van der Waals surface area contributed by atoms with Gasteiger partial charge in [-0.25, -0.2) is 12.1 Å². The van der Waals surface area contributed by atoms with Gasteiger partial charge in [0.15, 0.2) is 0 Å². The molecular weight excluding hydrogens is 470 g/mol. The molecule has 0 saturated carbocycles. The topological polar surface area (TPSA) is 23.1 Å². The van der Waals surface area contributed by atoms with E-state index in [1.165, 1.54) is 16.2 Å². The fourth-order valence-electron chi connectivity index (χ4n) is 3.56. The molecule has 0 saturated heterocycles. The standard InChI is InChI=1S/C23H26OP2.C5H5.Fe/c1-18(21-16-11-17-22(21)26(24)23(2,3)4)25(19-12-7-5-8-13-19)20-14-9-6-10-15-20;1-2-4-5-3-1;/h5-18H,1-4H3;1-5H;/q;-1;+2. The third-order valence-electron chi connectivity index (χ3n) is 5.12. The van der Waals surface area contributed by atoms with Gasteiger partial charge in [0, 0.05) is 11.2 Å². The first-order chi connectivity index (χ1) is 14.9. The van der Waals surface area contributed by atoms with Gasteiger partial charge in [0.1, 0.15) is 10.4 Å². The summed E-state index contributed by atoms with van der Waals surface area (Å²) in [6, 6.07) is 31.5. The Bertz CT molecular complexity index is 973. The maximum absolute atomic E-state index is 13.1. The van der Waals surface area contributed by atoms with Gasteiger partial charge in [0.2, 0.25) is 0 Å². The minimum absolute atomic E-state index is 0.